The van der Waals surface area contributed by atoms with Crippen LogP contribution in [0.2, 0.25) is 0 Å². The van der Waals surface area contributed by atoms with Gasteiger partial charge >= 0.3 is 6.03 Å². The van der Waals surface area contributed by atoms with Gasteiger partial charge in [-0.15, -0.1) is 0 Å². The molecule has 0 aliphatic carbocycles. The standard InChI is InChI=1S/C40H47N4O7P/c1-40(2,3)27-22-29(24-31(23-27)52(6,7)46)43-39(45)44-34-13-15-35(33-11-9-8-10-32(33)34)51-30-16-17-41-38(26-30)42-28-12-14-36(37(25-28)48-5)50-21-20-49-19-18-47-4/h8-17,22-26H,18-21H2,1-7H3,(H,41,42)(H2,43,44,45). The molecule has 4 aromatic carbocycles. The van der Waals surface area contributed by atoms with Crippen LogP contribution in [0.3, 0.4) is 0 Å². The summed E-state index contributed by atoms with van der Waals surface area (Å²) in [6.45, 7) is 11.6. The lowest BCUT2D eigenvalue weighted by molar-refractivity contribution is 0.0540. The highest BCUT2D eigenvalue weighted by Crippen LogP contribution is 2.38. The monoisotopic (exact) mass is 726 g/mol. The van der Waals surface area contributed by atoms with Crippen molar-refractivity contribution in [2.45, 2.75) is 26.2 Å². The molecule has 0 unspecified atom stereocenters. The van der Waals surface area contributed by atoms with Crippen molar-refractivity contribution < 1.29 is 33.0 Å². The number of methoxy groups -OCH3 is 2. The van der Waals surface area contributed by atoms with E-state index in [0.29, 0.717) is 66.6 Å². The van der Waals surface area contributed by atoms with Crippen LogP contribution in [0.25, 0.3) is 10.8 Å². The molecule has 0 radical (unpaired) electrons. The van der Waals surface area contributed by atoms with Gasteiger partial charge in [-0.25, -0.2) is 9.78 Å². The van der Waals surface area contributed by atoms with Crippen LogP contribution in [-0.2, 0) is 19.5 Å². The number of rotatable bonds is 15. The van der Waals surface area contributed by atoms with E-state index in [1.165, 1.54) is 0 Å². The molecule has 0 fully saturated rings. The van der Waals surface area contributed by atoms with Gasteiger partial charge in [0.1, 0.15) is 31.1 Å². The molecule has 0 aliphatic heterocycles. The molecule has 5 aromatic rings. The van der Waals surface area contributed by atoms with Gasteiger partial charge in [-0.3, -0.25) is 0 Å². The lowest BCUT2D eigenvalue weighted by Crippen LogP contribution is -2.22. The second-order valence-electron chi connectivity index (χ2n) is 13.5. The van der Waals surface area contributed by atoms with Crippen molar-refractivity contribution in [1.82, 2.24) is 4.98 Å². The number of carbonyl (C=O) groups excluding carboxylic acids is 1. The summed E-state index contributed by atoms with van der Waals surface area (Å²) in [5.41, 5.74) is 2.75. The third-order valence-electron chi connectivity index (χ3n) is 8.11. The van der Waals surface area contributed by atoms with Crippen molar-refractivity contribution in [2.24, 2.45) is 0 Å². The normalized spacial score (nSPS) is 11.6. The van der Waals surface area contributed by atoms with E-state index in [9.17, 15) is 9.36 Å². The van der Waals surface area contributed by atoms with Crippen LogP contribution >= 0.6 is 7.14 Å². The van der Waals surface area contributed by atoms with Crippen molar-refractivity contribution in [3.05, 3.63) is 96.7 Å². The van der Waals surface area contributed by atoms with E-state index < -0.39 is 13.2 Å². The minimum atomic E-state index is -2.56. The Balaban J connectivity index is 1.28. The topological polar surface area (TPSA) is 129 Å². The number of urea groups is 1. The maximum atomic E-state index is 13.3. The average Bonchev–Trinajstić information content (AvgIpc) is 3.10. The van der Waals surface area contributed by atoms with Crippen molar-refractivity contribution >= 4 is 52.1 Å². The van der Waals surface area contributed by atoms with Crippen LogP contribution < -0.4 is 35.5 Å². The van der Waals surface area contributed by atoms with Crippen LogP contribution in [0.4, 0.5) is 27.7 Å². The number of ether oxygens (including phenoxy) is 5. The minimum absolute atomic E-state index is 0.190. The fourth-order valence-electron chi connectivity index (χ4n) is 5.32. The van der Waals surface area contributed by atoms with E-state index in [2.05, 4.69) is 41.7 Å². The molecular formula is C40H47N4O7P. The Bertz CT molecular complexity index is 2060. The third-order valence-corrected chi connectivity index (χ3v) is 9.61. The zero-order valence-electron chi connectivity index (χ0n) is 30.7. The maximum absolute atomic E-state index is 13.3. The first-order valence-corrected chi connectivity index (χ1v) is 19.5. The number of benzene rings is 4. The number of nitrogens with one attached hydrogen (secondary N) is 3. The highest BCUT2D eigenvalue weighted by atomic mass is 31.2. The van der Waals surface area contributed by atoms with E-state index in [1.807, 2.05) is 66.7 Å². The summed E-state index contributed by atoms with van der Waals surface area (Å²) in [6, 6.07) is 25.7. The first kappa shape index (κ1) is 38.1. The SMILES string of the molecule is COCCOCCOc1ccc(Nc2cc(Oc3ccc(NC(=O)Nc4cc(C(C)(C)C)cc(P(C)(C)=O)c4)c4ccccc34)ccn2)cc1OC. The Kier molecular flexibility index (Phi) is 12.4. The summed E-state index contributed by atoms with van der Waals surface area (Å²) >= 11 is 0. The van der Waals surface area contributed by atoms with Crippen molar-refractivity contribution in [3.8, 4) is 23.0 Å². The van der Waals surface area contributed by atoms with Crippen LogP contribution in [0.1, 0.15) is 26.3 Å². The quantitative estimate of drug-likeness (QED) is 0.0715. The summed E-state index contributed by atoms with van der Waals surface area (Å²) in [7, 11) is 0.658. The summed E-state index contributed by atoms with van der Waals surface area (Å²) in [5.74, 6) is 2.92. The Hall–Kier alpha value is -5.09. The maximum Gasteiger partial charge on any atom is 0.323 e. The number of pyridine rings is 1. The van der Waals surface area contributed by atoms with Gasteiger partial charge in [0.15, 0.2) is 11.5 Å². The molecule has 0 bridgehead atoms. The Morgan fingerprint density at radius 2 is 1.52 bits per heavy atom. The highest BCUT2D eigenvalue weighted by Gasteiger charge is 2.21. The molecule has 0 spiro atoms. The number of aromatic nitrogens is 1. The zero-order chi connectivity index (χ0) is 37.3. The second-order valence-corrected chi connectivity index (χ2v) is 16.7. The second kappa shape index (κ2) is 17.0. The van der Waals surface area contributed by atoms with E-state index in [4.69, 9.17) is 23.7 Å². The fourth-order valence-corrected chi connectivity index (χ4v) is 6.22. The summed E-state index contributed by atoms with van der Waals surface area (Å²) < 4.78 is 41.2. The molecule has 1 aromatic heterocycles. The molecule has 5 rings (SSSR count). The lowest BCUT2D eigenvalue weighted by Gasteiger charge is -2.22. The average molecular weight is 727 g/mol. The van der Waals surface area contributed by atoms with Gasteiger partial charge in [0.2, 0.25) is 0 Å². The summed E-state index contributed by atoms with van der Waals surface area (Å²) in [4.78, 5) is 17.8. The van der Waals surface area contributed by atoms with Crippen molar-refractivity contribution in [2.75, 3.05) is 69.9 Å². The molecule has 0 atom stereocenters. The van der Waals surface area contributed by atoms with Gasteiger partial charge in [0.25, 0.3) is 0 Å². The molecule has 12 heteroatoms. The first-order valence-electron chi connectivity index (χ1n) is 16.9. The number of nitrogens with zero attached hydrogens (tertiary/aromatic N) is 1. The fraction of sp³-hybridized carbons (Fsp3) is 0.300. The van der Waals surface area contributed by atoms with E-state index >= 15 is 0 Å². The van der Waals surface area contributed by atoms with E-state index in [-0.39, 0.29) is 5.41 Å². The largest absolute Gasteiger partial charge is 0.493 e. The molecule has 52 heavy (non-hydrogen) atoms. The van der Waals surface area contributed by atoms with Crippen LogP contribution in [0, 0.1) is 0 Å². The molecule has 2 amide bonds. The molecule has 3 N–H and O–H groups in total. The van der Waals surface area contributed by atoms with Gasteiger partial charge in [0.05, 0.1) is 32.6 Å². The van der Waals surface area contributed by atoms with Gasteiger partial charge in [0, 0.05) is 52.9 Å². The number of amides is 2. The van der Waals surface area contributed by atoms with Gasteiger partial charge in [-0.2, -0.15) is 0 Å². The number of carbonyl (C=O) groups is 1. The predicted octanol–water partition coefficient (Wildman–Crippen LogP) is 9.01. The molecular weight excluding hydrogens is 679 g/mol. The van der Waals surface area contributed by atoms with E-state index in [1.54, 1.807) is 51.9 Å². The first-order chi connectivity index (χ1) is 24.8. The molecule has 0 saturated carbocycles. The number of fused-ring (bicyclic) bond motifs is 1. The van der Waals surface area contributed by atoms with Crippen molar-refractivity contribution in [3.63, 3.8) is 0 Å². The van der Waals surface area contributed by atoms with Gasteiger partial charge in [-0.1, -0.05) is 45.0 Å². The molecule has 0 aliphatic rings. The summed E-state index contributed by atoms with van der Waals surface area (Å²) in [5, 5.41) is 11.6. The molecule has 274 valence electrons. The zero-order valence-corrected chi connectivity index (χ0v) is 31.6. The van der Waals surface area contributed by atoms with E-state index in [0.717, 1.165) is 27.3 Å². The van der Waals surface area contributed by atoms with Crippen LogP contribution in [0.5, 0.6) is 23.0 Å². The van der Waals surface area contributed by atoms with Crippen LogP contribution in [0.15, 0.2) is 91.1 Å². The number of hydrogen-bond donors (Lipinski definition) is 3. The summed E-state index contributed by atoms with van der Waals surface area (Å²) in [6.07, 6.45) is 1.66. The molecule has 0 saturated heterocycles. The minimum Gasteiger partial charge on any atom is -0.493 e. The Morgan fingerprint density at radius 1 is 0.769 bits per heavy atom. The van der Waals surface area contributed by atoms with Crippen molar-refractivity contribution in [1.29, 1.82) is 0 Å². The van der Waals surface area contributed by atoms with Gasteiger partial charge in [-0.05, 0) is 72.8 Å². The third kappa shape index (κ3) is 10.3. The predicted molar refractivity (Wildman–Crippen MR) is 210 cm³/mol. The van der Waals surface area contributed by atoms with Gasteiger partial charge < -0.3 is 44.2 Å². The van der Waals surface area contributed by atoms with Crippen LogP contribution in [-0.4, -0.2) is 65.0 Å². The number of anilines is 4. The lowest BCUT2D eigenvalue weighted by atomic mass is 9.87. The highest BCUT2D eigenvalue weighted by molar-refractivity contribution is 7.70. The smallest absolute Gasteiger partial charge is 0.323 e. The molecule has 1 heterocycles. The number of hydrogen-bond acceptors (Lipinski definition) is 9. The molecule has 11 nitrogen and oxygen atoms in total. The Labute approximate surface area is 305 Å². The Morgan fingerprint density at radius 3 is 2.25 bits per heavy atom.